The van der Waals surface area contributed by atoms with Crippen molar-refractivity contribution in [3.63, 3.8) is 0 Å². The lowest BCUT2D eigenvalue weighted by atomic mass is 10.0. The average molecular weight is 423 g/mol. The molecule has 166 valence electrons. The maximum Gasteiger partial charge on any atom is 0.323 e. The van der Waals surface area contributed by atoms with Gasteiger partial charge in [-0.25, -0.2) is 4.79 Å². The minimum Gasteiger partial charge on any atom is -0.368 e. The molecule has 3 amide bonds. The molecule has 2 aromatic rings. The van der Waals surface area contributed by atoms with E-state index in [4.69, 9.17) is 0 Å². The molecule has 1 aliphatic heterocycles. The van der Waals surface area contributed by atoms with Crippen LogP contribution >= 0.6 is 0 Å². The SMILES string of the molecule is CCC(CC)C(=O)N1CCN(c2ccc(NC(=O)Nc3ccc(C)c(C)c3)cc2)CC1. The van der Waals surface area contributed by atoms with Crippen LogP contribution in [0.3, 0.4) is 0 Å². The fourth-order valence-electron chi connectivity index (χ4n) is 3.95. The van der Waals surface area contributed by atoms with Crippen LogP contribution in [-0.2, 0) is 4.79 Å². The Morgan fingerprint density at radius 3 is 2.00 bits per heavy atom. The molecule has 6 heteroatoms. The van der Waals surface area contributed by atoms with Gasteiger partial charge in [-0.1, -0.05) is 19.9 Å². The number of piperazine rings is 1. The van der Waals surface area contributed by atoms with Crippen molar-refractivity contribution in [1.29, 1.82) is 0 Å². The largest absolute Gasteiger partial charge is 0.368 e. The molecule has 1 aliphatic rings. The highest BCUT2D eigenvalue weighted by atomic mass is 16.2. The zero-order valence-electron chi connectivity index (χ0n) is 19.1. The zero-order chi connectivity index (χ0) is 22.4. The van der Waals surface area contributed by atoms with Gasteiger partial charge in [0.05, 0.1) is 0 Å². The van der Waals surface area contributed by atoms with Crippen LogP contribution in [-0.4, -0.2) is 43.0 Å². The zero-order valence-corrected chi connectivity index (χ0v) is 19.1. The lowest BCUT2D eigenvalue weighted by Crippen LogP contribution is -2.50. The summed E-state index contributed by atoms with van der Waals surface area (Å²) in [6.07, 6.45) is 1.81. The molecule has 1 heterocycles. The molecule has 2 N–H and O–H groups in total. The summed E-state index contributed by atoms with van der Waals surface area (Å²) < 4.78 is 0. The van der Waals surface area contributed by atoms with Gasteiger partial charge in [-0.3, -0.25) is 4.79 Å². The number of hydrogen-bond donors (Lipinski definition) is 2. The first-order chi connectivity index (χ1) is 14.9. The summed E-state index contributed by atoms with van der Waals surface area (Å²) in [5, 5.41) is 5.75. The minimum atomic E-state index is -0.260. The van der Waals surface area contributed by atoms with Gasteiger partial charge in [0.2, 0.25) is 5.91 Å². The molecular weight excluding hydrogens is 388 g/mol. The molecule has 2 aromatic carbocycles. The first-order valence-electron chi connectivity index (χ1n) is 11.2. The highest BCUT2D eigenvalue weighted by Crippen LogP contribution is 2.21. The normalized spacial score (nSPS) is 14.0. The molecule has 0 spiro atoms. The molecule has 0 radical (unpaired) electrons. The van der Waals surface area contributed by atoms with Gasteiger partial charge in [0.15, 0.2) is 0 Å². The third-order valence-corrected chi connectivity index (χ3v) is 6.18. The van der Waals surface area contributed by atoms with Crippen molar-refractivity contribution in [2.45, 2.75) is 40.5 Å². The van der Waals surface area contributed by atoms with Crippen molar-refractivity contribution in [1.82, 2.24) is 4.90 Å². The van der Waals surface area contributed by atoms with Gasteiger partial charge in [0.1, 0.15) is 0 Å². The second-order valence-corrected chi connectivity index (χ2v) is 8.25. The van der Waals surface area contributed by atoms with Crippen LogP contribution in [0.15, 0.2) is 42.5 Å². The summed E-state index contributed by atoms with van der Waals surface area (Å²) in [4.78, 5) is 29.2. The summed E-state index contributed by atoms with van der Waals surface area (Å²) in [5.41, 5.74) is 4.96. The molecule has 0 unspecified atom stereocenters. The fraction of sp³-hybridized carbons (Fsp3) is 0.440. The Hall–Kier alpha value is -3.02. The smallest absolute Gasteiger partial charge is 0.323 e. The monoisotopic (exact) mass is 422 g/mol. The predicted molar refractivity (Wildman–Crippen MR) is 128 cm³/mol. The van der Waals surface area contributed by atoms with E-state index in [0.29, 0.717) is 5.91 Å². The van der Waals surface area contributed by atoms with E-state index in [1.807, 2.05) is 61.2 Å². The summed E-state index contributed by atoms with van der Waals surface area (Å²) in [6.45, 7) is 11.4. The van der Waals surface area contributed by atoms with E-state index in [2.05, 4.69) is 29.4 Å². The minimum absolute atomic E-state index is 0.145. The number of carbonyl (C=O) groups is 2. The second kappa shape index (κ2) is 10.3. The van der Waals surface area contributed by atoms with Crippen molar-refractivity contribution in [2.75, 3.05) is 41.7 Å². The van der Waals surface area contributed by atoms with E-state index < -0.39 is 0 Å². The first kappa shape index (κ1) is 22.7. The Morgan fingerprint density at radius 1 is 0.839 bits per heavy atom. The molecule has 0 bridgehead atoms. The third kappa shape index (κ3) is 5.78. The lowest BCUT2D eigenvalue weighted by molar-refractivity contribution is -0.136. The highest BCUT2D eigenvalue weighted by molar-refractivity contribution is 5.99. The predicted octanol–water partition coefficient (Wildman–Crippen LogP) is 5.03. The Kier molecular flexibility index (Phi) is 7.55. The Bertz CT molecular complexity index is 898. The number of urea groups is 1. The van der Waals surface area contributed by atoms with Gasteiger partial charge in [-0.05, 0) is 74.2 Å². The van der Waals surface area contributed by atoms with Gasteiger partial charge >= 0.3 is 6.03 Å². The number of benzene rings is 2. The number of amides is 3. The summed E-state index contributed by atoms with van der Waals surface area (Å²) in [7, 11) is 0. The van der Waals surface area contributed by atoms with E-state index in [9.17, 15) is 9.59 Å². The van der Waals surface area contributed by atoms with Crippen LogP contribution < -0.4 is 15.5 Å². The molecule has 1 saturated heterocycles. The maximum absolute atomic E-state index is 12.6. The van der Waals surface area contributed by atoms with Crippen molar-refractivity contribution < 1.29 is 9.59 Å². The average Bonchev–Trinajstić information content (AvgIpc) is 2.77. The number of carbonyl (C=O) groups excluding carboxylic acids is 2. The molecule has 6 nitrogen and oxygen atoms in total. The molecule has 1 fully saturated rings. The van der Waals surface area contributed by atoms with Crippen LogP contribution in [0.1, 0.15) is 37.8 Å². The summed E-state index contributed by atoms with van der Waals surface area (Å²) >= 11 is 0. The highest BCUT2D eigenvalue weighted by Gasteiger charge is 2.25. The van der Waals surface area contributed by atoms with Gasteiger partial charge in [0.25, 0.3) is 0 Å². The fourth-order valence-corrected chi connectivity index (χ4v) is 3.95. The second-order valence-electron chi connectivity index (χ2n) is 8.25. The van der Waals surface area contributed by atoms with E-state index in [0.717, 1.165) is 61.6 Å². The van der Waals surface area contributed by atoms with E-state index in [1.165, 1.54) is 5.56 Å². The standard InChI is InChI=1S/C25H34N4O2/c1-5-20(6-2)24(30)29-15-13-28(14-16-29)23-11-9-21(10-12-23)26-25(31)27-22-8-7-18(3)19(4)17-22/h7-12,17,20H,5-6,13-16H2,1-4H3,(H2,26,27,31). The number of nitrogens with one attached hydrogen (secondary N) is 2. The number of rotatable bonds is 6. The third-order valence-electron chi connectivity index (χ3n) is 6.18. The van der Waals surface area contributed by atoms with E-state index >= 15 is 0 Å². The number of nitrogens with zero attached hydrogens (tertiary/aromatic N) is 2. The molecular formula is C25H34N4O2. The van der Waals surface area contributed by atoms with Gasteiger partial charge in [-0.15, -0.1) is 0 Å². The van der Waals surface area contributed by atoms with Crippen LogP contribution in [0, 0.1) is 19.8 Å². The Labute approximate surface area is 185 Å². The van der Waals surface area contributed by atoms with Gasteiger partial charge in [0, 0.05) is 49.2 Å². The Morgan fingerprint density at radius 2 is 1.42 bits per heavy atom. The lowest BCUT2D eigenvalue weighted by Gasteiger charge is -2.37. The molecule has 0 saturated carbocycles. The number of anilines is 3. The van der Waals surface area contributed by atoms with Crippen molar-refractivity contribution in [2.24, 2.45) is 5.92 Å². The Balaban J connectivity index is 1.51. The summed E-state index contributed by atoms with van der Waals surface area (Å²) in [5.74, 6) is 0.436. The topological polar surface area (TPSA) is 64.7 Å². The van der Waals surface area contributed by atoms with Crippen molar-refractivity contribution in [3.05, 3.63) is 53.6 Å². The molecule has 31 heavy (non-hydrogen) atoms. The van der Waals surface area contributed by atoms with Crippen LogP contribution in [0.4, 0.5) is 21.9 Å². The molecule has 0 aromatic heterocycles. The van der Waals surface area contributed by atoms with Crippen molar-refractivity contribution >= 4 is 29.0 Å². The first-order valence-corrected chi connectivity index (χ1v) is 11.2. The molecule has 0 atom stereocenters. The van der Waals surface area contributed by atoms with Crippen molar-refractivity contribution in [3.8, 4) is 0 Å². The van der Waals surface area contributed by atoms with E-state index in [-0.39, 0.29) is 11.9 Å². The van der Waals surface area contributed by atoms with Gasteiger partial charge in [-0.2, -0.15) is 0 Å². The quantitative estimate of drug-likeness (QED) is 0.686. The van der Waals surface area contributed by atoms with Crippen LogP contribution in [0.2, 0.25) is 0 Å². The van der Waals surface area contributed by atoms with Crippen LogP contribution in [0.5, 0.6) is 0 Å². The molecule has 0 aliphatic carbocycles. The maximum atomic E-state index is 12.6. The van der Waals surface area contributed by atoms with Gasteiger partial charge < -0.3 is 20.4 Å². The summed E-state index contributed by atoms with van der Waals surface area (Å²) in [6, 6.07) is 13.5. The number of aryl methyl sites for hydroxylation is 2. The van der Waals surface area contributed by atoms with Crippen LogP contribution in [0.25, 0.3) is 0 Å². The molecule has 3 rings (SSSR count). The van der Waals surface area contributed by atoms with E-state index in [1.54, 1.807) is 0 Å². The number of hydrogen-bond acceptors (Lipinski definition) is 3.